The van der Waals surface area contributed by atoms with Crippen LogP contribution in [0.2, 0.25) is 5.02 Å². The van der Waals surface area contributed by atoms with Gasteiger partial charge in [0.05, 0.1) is 11.5 Å². The summed E-state index contributed by atoms with van der Waals surface area (Å²) in [5.74, 6) is -2.27. The van der Waals surface area contributed by atoms with Crippen molar-refractivity contribution < 1.29 is 28.3 Å². The highest BCUT2D eigenvalue weighted by Crippen LogP contribution is 2.31. The van der Waals surface area contributed by atoms with Crippen molar-refractivity contribution in [3.8, 4) is 11.1 Å². The molecule has 8 nitrogen and oxygen atoms in total. The molecular weight excluding hydrogens is 491 g/mol. The van der Waals surface area contributed by atoms with E-state index < -0.39 is 34.7 Å². The van der Waals surface area contributed by atoms with Gasteiger partial charge in [-0.3, -0.25) is 14.4 Å². The normalized spacial score (nSPS) is 13.7. The van der Waals surface area contributed by atoms with Crippen LogP contribution in [-0.2, 0) is 16.0 Å². The van der Waals surface area contributed by atoms with Crippen LogP contribution >= 0.6 is 11.6 Å². The van der Waals surface area contributed by atoms with Crippen LogP contribution in [0.5, 0.6) is 0 Å². The second-order valence-corrected chi connectivity index (χ2v) is 9.23. The molecule has 2 atom stereocenters. The third-order valence-corrected chi connectivity index (χ3v) is 6.21. The van der Waals surface area contributed by atoms with Gasteiger partial charge < -0.3 is 19.7 Å². The zero-order chi connectivity index (χ0) is 26.3. The van der Waals surface area contributed by atoms with Gasteiger partial charge in [0.1, 0.15) is 5.82 Å². The van der Waals surface area contributed by atoms with E-state index in [2.05, 4.69) is 10.5 Å². The van der Waals surface area contributed by atoms with E-state index in [4.69, 9.17) is 20.9 Å². The fourth-order valence-corrected chi connectivity index (χ4v) is 4.10. The molecule has 3 aromatic rings. The summed E-state index contributed by atoms with van der Waals surface area (Å²) >= 11 is 6.01. The van der Waals surface area contributed by atoms with Crippen LogP contribution in [0.1, 0.15) is 42.8 Å². The number of aromatic nitrogens is 1. The molecule has 0 saturated heterocycles. The van der Waals surface area contributed by atoms with E-state index in [9.17, 15) is 23.9 Å². The zero-order valence-corrected chi connectivity index (χ0v) is 20.7. The highest BCUT2D eigenvalue weighted by Gasteiger charge is 2.36. The van der Waals surface area contributed by atoms with Crippen molar-refractivity contribution in [2.45, 2.75) is 39.2 Å². The Bertz CT molecular complexity index is 1260. The van der Waals surface area contributed by atoms with Gasteiger partial charge >= 0.3 is 5.97 Å². The molecule has 10 heteroatoms. The molecule has 3 rings (SSSR count). The predicted octanol–water partition coefficient (Wildman–Crippen LogP) is 4.68. The maximum atomic E-state index is 14.3. The Balaban J connectivity index is 1.84. The lowest BCUT2D eigenvalue weighted by Crippen LogP contribution is -2.43. The second-order valence-electron chi connectivity index (χ2n) is 8.79. The number of aromatic amines is 1. The Morgan fingerprint density at radius 2 is 1.94 bits per heavy atom. The average molecular weight is 519 g/mol. The Kier molecular flexibility index (Phi) is 9.06. The van der Waals surface area contributed by atoms with Crippen LogP contribution in [0.4, 0.5) is 4.39 Å². The lowest BCUT2D eigenvalue weighted by molar-refractivity contribution is -0.150. The molecule has 3 N–H and O–H groups in total. The van der Waals surface area contributed by atoms with Crippen molar-refractivity contribution in [2.24, 2.45) is 5.41 Å². The number of carbonyl (C=O) groups excluding carboxylic acids is 1. The van der Waals surface area contributed by atoms with Crippen LogP contribution in [0.15, 0.2) is 57.8 Å². The van der Waals surface area contributed by atoms with E-state index in [-0.39, 0.29) is 31.6 Å². The molecule has 192 valence electrons. The maximum Gasteiger partial charge on any atom is 0.309 e. The molecule has 0 spiro atoms. The van der Waals surface area contributed by atoms with Crippen LogP contribution in [-0.4, -0.2) is 41.4 Å². The number of benzene rings is 2. The summed E-state index contributed by atoms with van der Waals surface area (Å²) in [4.78, 5) is 36.2. The number of hydrogen-bond donors (Lipinski definition) is 3. The van der Waals surface area contributed by atoms with Gasteiger partial charge in [-0.15, -0.1) is 0 Å². The first-order valence-corrected chi connectivity index (χ1v) is 11.8. The van der Waals surface area contributed by atoms with Crippen molar-refractivity contribution in [1.29, 1.82) is 0 Å². The molecule has 2 aromatic carbocycles. The quantitative estimate of drug-likeness (QED) is 0.299. The standard InChI is InChI=1S/C26H28ClFN2O6/c1-3-35-11-10-26(2,25(33)34)15-19(29-24(32)22-14-23(31)30-36-22)12-16-4-6-17(7-5-16)20-13-18(27)8-9-21(20)28/h4-9,13-14,19H,3,10-12,15H2,1-2H3,(H,29,32)(H,30,31)(H,33,34)/t19-,26-/m1/s1. The highest BCUT2D eigenvalue weighted by molar-refractivity contribution is 6.30. The lowest BCUT2D eigenvalue weighted by Gasteiger charge is -2.30. The topological polar surface area (TPSA) is 122 Å². The Morgan fingerprint density at radius 1 is 1.22 bits per heavy atom. The number of aliphatic carboxylic acids is 1. The number of carboxylic acids is 1. The molecular formula is C26H28ClFN2O6. The van der Waals surface area contributed by atoms with Gasteiger partial charge in [-0.1, -0.05) is 35.9 Å². The van der Waals surface area contributed by atoms with Crippen LogP contribution in [0, 0.1) is 11.2 Å². The summed E-state index contributed by atoms with van der Waals surface area (Å²) in [5.41, 5.74) is 0.0270. The van der Waals surface area contributed by atoms with E-state index in [1.807, 2.05) is 6.92 Å². The summed E-state index contributed by atoms with van der Waals surface area (Å²) in [6.07, 6.45) is 0.630. The minimum atomic E-state index is -1.18. The first kappa shape index (κ1) is 27.2. The number of amides is 1. The summed E-state index contributed by atoms with van der Waals surface area (Å²) in [5, 5.41) is 15.2. The van der Waals surface area contributed by atoms with E-state index in [0.29, 0.717) is 22.8 Å². The lowest BCUT2D eigenvalue weighted by atomic mass is 9.79. The van der Waals surface area contributed by atoms with Gasteiger partial charge in [0.15, 0.2) is 0 Å². The molecule has 1 heterocycles. The SMILES string of the molecule is CCOCC[C@](C)(C[C@@H](Cc1ccc(-c2cc(Cl)ccc2F)cc1)NC(=O)c1cc(=O)[nH]o1)C(=O)O. The van der Waals surface area contributed by atoms with E-state index >= 15 is 0 Å². The molecule has 0 unspecified atom stereocenters. The van der Waals surface area contributed by atoms with Gasteiger partial charge in [0.2, 0.25) is 5.76 Å². The monoisotopic (exact) mass is 518 g/mol. The number of hydrogen-bond acceptors (Lipinski definition) is 5. The molecule has 1 aromatic heterocycles. The number of carboxylic acid groups (broad SMARTS) is 1. The van der Waals surface area contributed by atoms with E-state index in [1.54, 1.807) is 31.2 Å². The smallest absolute Gasteiger partial charge is 0.309 e. The molecule has 0 aliphatic rings. The molecule has 0 radical (unpaired) electrons. The Morgan fingerprint density at radius 3 is 2.56 bits per heavy atom. The van der Waals surface area contributed by atoms with Gasteiger partial charge in [-0.05, 0) is 62.4 Å². The second kappa shape index (κ2) is 12.0. The molecule has 0 fully saturated rings. The minimum absolute atomic E-state index is 0.0977. The largest absolute Gasteiger partial charge is 0.481 e. The van der Waals surface area contributed by atoms with Crippen molar-refractivity contribution in [3.63, 3.8) is 0 Å². The van der Waals surface area contributed by atoms with Crippen LogP contribution < -0.4 is 10.9 Å². The van der Waals surface area contributed by atoms with Crippen LogP contribution in [0.3, 0.4) is 0 Å². The van der Waals surface area contributed by atoms with Gasteiger partial charge in [-0.2, -0.15) is 5.16 Å². The van der Waals surface area contributed by atoms with Crippen molar-refractivity contribution in [1.82, 2.24) is 10.5 Å². The maximum absolute atomic E-state index is 14.3. The van der Waals surface area contributed by atoms with Crippen molar-refractivity contribution in [3.05, 3.63) is 81.0 Å². The Hall–Kier alpha value is -3.43. The average Bonchev–Trinajstić information content (AvgIpc) is 3.27. The third-order valence-electron chi connectivity index (χ3n) is 5.97. The number of carbonyl (C=O) groups is 2. The van der Waals surface area contributed by atoms with Crippen LogP contribution in [0.25, 0.3) is 11.1 Å². The summed E-state index contributed by atoms with van der Waals surface area (Å²) in [6, 6.07) is 11.7. The zero-order valence-electron chi connectivity index (χ0n) is 20.0. The summed E-state index contributed by atoms with van der Waals surface area (Å²) < 4.78 is 24.5. The van der Waals surface area contributed by atoms with Gasteiger partial charge in [-0.25, -0.2) is 4.39 Å². The van der Waals surface area contributed by atoms with Crippen molar-refractivity contribution in [2.75, 3.05) is 13.2 Å². The Labute approximate surface area is 212 Å². The predicted molar refractivity (Wildman–Crippen MR) is 133 cm³/mol. The van der Waals surface area contributed by atoms with Gasteiger partial charge in [0.25, 0.3) is 11.5 Å². The molecule has 1 amide bonds. The molecule has 0 saturated carbocycles. The molecule has 0 bridgehead atoms. The number of rotatable bonds is 12. The van der Waals surface area contributed by atoms with Crippen molar-refractivity contribution >= 4 is 23.5 Å². The van der Waals surface area contributed by atoms with E-state index in [0.717, 1.165) is 11.6 Å². The van der Waals surface area contributed by atoms with Gasteiger partial charge in [0, 0.05) is 29.8 Å². The third kappa shape index (κ3) is 7.05. The molecule has 0 aliphatic carbocycles. The number of H-pyrrole nitrogens is 1. The fourth-order valence-electron chi connectivity index (χ4n) is 3.93. The number of halogens is 2. The number of nitrogens with one attached hydrogen (secondary N) is 2. The molecule has 0 aliphatic heterocycles. The minimum Gasteiger partial charge on any atom is -0.481 e. The van der Waals surface area contributed by atoms with E-state index in [1.165, 1.54) is 18.2 Å². The fraction of sp³-hybridized carbons (Fsp3) is 0.346. The summed E-state index contributed by atoms with van der Waals surface area (Å²) in [7, 11) is 0. The molecule has 36 heavy (non-hydrogen) atoms. The number of ether oxygens (including phenoxy) is 1. The first-order valence-electron chi connectivity index (χ1n) is 11.5. The summed E-state index contributed by atoms with van der Waals surface area (Å²) in [6.45, 7) is 4.15. The first-order chi connectivity index (χ1) is 17.1. The highest BCUT2D eigenvalue weighted by atomic mass is 35.5.